The zero-order valence-corrected chi connectivity index (χ0v) is 17.9. The van der Waals surface area contributed by atoms with Gasteiger partial charge in [0, 0.05) is 39.3 Å². The first-order valence-corrected chi connectivity index (χ1v) is 11.1. The number of nitrogens with zero attached hydrogens (tertiary/aromatic N) is 4. The first-order chi connectivity index (χ1) is 13.1. The molecule has 0 radical (unpaired) electrons. The Morgan fingerprint density at radius 2 is 1.85 bits per heavy atom. The van der Waals surface area contributed by atoms with Crippen LogP contribution in [0.25, 0.3) is 0 Å². The summed E-state index contributed by atoms with van der Waals surface area (Å²) in [5, 5.41) is 3.71. The molecule has 6 nitrogen and oxygen atoms in total. The topological polar surface area (TPSA) is 43.3 Å². The van der Waals surface area contributed by atoms with Crippen molar-refractivity contribution in [1.82, 2.24) is 20.0 Å². The molecule has 0 aromatic rings. The van der Waals surface area contributed by atoms with Crippen LogP contribution >= 0.6 is 0 Å². The van der Waals surface area contributed by atoms with Crippen LogP contribution in [0.1, 0.15) is 44.9 Å². The molecule has 0 unspecified atom stereocenters. The average Bonchev–Trinajstić information content (AvgIpc) is 3.52. The maximum absolute atomic E-state index is 5.81. The van der Waals surface area contributed by atoms with E-state index in [2.05, 4.69) is 39.1 Å². The predicted octanol–water partition coefficient (Wildman–Crippen LogP) is 1.87. The molecule has 0 aromatic heterocycles. The minimum Gasteiger partial charge on any atom is -0.379 e. The van der Waals surface area contributed by atoms with Crippen LogP contribution in [0.15, 0.2) is 4.99 Å². The standard InChI is InChI=1S/C21H41N5O/c1-22-20(25(3)15-16-27-17-19-7-8-19)23-18-21(9-13-24(2)14-10-21)26-11-5-4-6-12-26/h19H,4-18H2,1-3H3,(H,22,23). The van der Waals surface area contributed by atoms with Gasteiger partial charge >= 0.3 is 0 Å². The lowest BCUT2D eigenvalue weighted by Gasteiger charge is -2.50. The second-order valence-corrected chi connectivity index (χ2v) is 8.92. The highest BCUT2D eigenvalue weighted by atomic mass is 16.5. The van der Waals surface area contributed by atoms with Crippen molar-refractivity contribution in [2.24, 2.45) is 10.9 Å². The van der Waals surface area contributed by atoms with Gasteiger partial charge in [0.15, 0.2) is 5.96 Å². The Balaban J connectivity index is 1.50. The number of hydrogen-bond donors (Lipinski definition) is 1. The molecule has 3 fully saturated rings. The molecule has 156 valence electrons. The van der Waals surface area contributed by atoms with Crippen LogP contribution in [0, 0.1) is 5.92 Å². The fraction of sp³-hybridized carbons (Fsp3) is 0.952. The van der Waals surface area contributed by atoms with Crippen LogP contribution in [0.3, 0.4) is 0 Å². The molecule has 0 atom stereocenters. The third kappa shape index (κ3) is 6.06. The molecule has 2 aliphatic heterocycles. The summed E-state index contributed by atoms with van der Waals surface area (Å²) in [7, 11) is 6.27. The fourth-order valence-corrected chi connectivity index (χ4v) is 4.48. The van der Waals surface area contributed by atoms with Crippen LogP contribution in [-0.4, -0.2) is 99.8 Å². The number of hydrogen-bond acceptors (Lipinski definition) is 4. The van der Waals surface area contributed by atoms with E-state index in [9.17, 15) is 0 Å². The number of nitrogens with one attached hydrogen (secondary N) is 1. The summed E-state index contributed by atoms with van der Waals surface area (Å²) in [5.41, 5.74) is 0.284. The van der Waals surface area contributed by atoms with Gasteiger partial charge in [-0.3, -0.25) is 9.89 Å². The molecular weight excluding hydrogens is 338 g/mol. The van der Waals surface area contributed by atoms with Gasteiger partial charge in [-0.2, -0.15) is 0 Å². The molecule has 0 bridgehead atoms. The summed E-state index contributed by atoms with van der Waals surface area (Å²) in [6.07, 6.45) is 9.31. The van der Waals surface area contributed by atoms with Gasteiger partial charge < -0.3 is 19.9 Å². The molecule has 1 aliphatic carbocycles. The molecule has 3 rings (SSSR count). The van der Waals surface area contributed by atoms with Crippen LogP contribution in [-0.2, 0) is 4.74 Å². The summed E-state index contributed by atoms with van der Waals surface area (Å²) < 4.78 is 5.81. The summed E-state index contributed by atoms with van der Waals surface area (Å²) in [4.78, 5) is 12.0. The maximum Gasteiger partial charge on any atom is 0.193 e. The van der Waals surface area contributed by atoms with E-state index in [1.807, 2.05) is 7.05 Å². The maximum atomic E-state index is 5.81. The highest BCUT2D eigenvalue weighted by Gasteiger charge is 2.39. The molecule has 0 spiro atoms. The highest BCUT2D eigenvalue weighted by molar-refractivity contribution is 5.79. The second-order valence-electron chi connectivity index (χ2n) is 8.92. The Bertz CT molecular complexity index is 465. The van der Waals surface area contributed by atoms with Gasteiger partial charge in [-0.15, -0.1) is 0 Å². The molecule has 3 aliphatic rings. The second kappa shape index (κ2) is 10.1. The van der Waals surface area contributed by atoms with Crippen LogP contribution in [0.4, 0.5) is 0 Å². The molecule has 1 N–H and O–H groups in total. The number of likely N-dealkylation sites (tertiary alicyclic amines) is 2. The average molecular weight is 380 g/mol. The number of rotatable bonds is 8. The SMILES string of the molecule is CN=C(NCC1(N2CCCCC2)CCN(C)CC1)N(C)CCOCC1CC1. The lowest BCUT2D eigenvalue weighted by molar-refractivity contribution is 0.0169. The van der Waals surface area contributed by atoms with Crippen molar-refractivity contribution < 1.29 is 4.74 Å². The van der Waals surface area contributed by atoms with Gasteiger partial charge in [-0.25, -0.2) is 0 Å². The summed E-state index contributed by atoms with van der Waals surface area (Å²) >= 11 is 0. The summed E-state index contributed by atoms with van der Waals surface area (Å²) in [6.45, 7) is 8.53. The molecule has 2 heterocycles. The van der Waals surface area contributed by atoms with E-state index >= 15 is 0 Å². The molecule has 1 saturated carbocycles. The smallest absolute Gasteiger partial charge is 0.193 e. The molecule has 0 aromatic carbocycles. The van der Waals surface area contributed by atoms with Gasteiger partial charge in [0.25, 0.3) is 0 Å². The Hall–Kier alpha value is -0.850. The quantitative estimate of drug-likeness (QED) is 0.396. The van der Waals surface area contributed by atoms with Crippen molar-refractivity contribution in [3.05, 3.63) is 0 Å². The van der Waals surface area contributed by atoms with Crippen molar-refractivity contribution in [2.45, 2.75) is 50.5 Å². The minimum absolute atomic E-state index is 0.284. The lowest BCUT2D eigenvalue weighted by atomic mass is 9.84. The Kier molecular flexibility index (Phi) is 7.79. The summed E-state index contributed by atoms with van der Waals surface area (Å²) in [6, 6.07) is 0. The number of piperidine rings is 2. The number of aliphatic imine (C=N–C) groups is 1. The normalized spacial score (nSPS) is 24.8. The van der Waals surface area contributed by atoms with Crippen molar-refractivity contribution in [3.63, 3.8) is 0 Å². The van der Waals surface area contributed by atoms with Gasteiger partial charge in [0.2, 0.25) is 0 Å². The Labute approximate surface area is 166 Å². The van der Waals surface area contributed by atoms with Crippen LogP contribution < -0.4 is 5.32 Å². The zero-order valence-electron chi connectivity index (χ0n) is 17.9. The number of ether oxygens (including phenoxy) is 1. The Morgan fingerprint density at radius 1 is 1.15 bits per heavy atom. The van der Waals surface area contributed by atoms with Gasteiger partial charge in [0.05, 0.1) is 6.61 Å². The third-order valence-corrected chi connectivity index (χ3v) is 6.72. The highest BCUT2D eigenvalue weighted by Crippen LogP contribution is 2.31. The van der Waals surface area contributed by atoms with Crippen molar-refractivity contribution in [1.29, 1.82) is 0 Å². The minimum atomic E-state index is 0.284. The van der Waals surface area contributed by atoms with E-state index in [1.165, 1.54) is 71.1 Å². The molecular formula is C21H41N5O. The monoisotopic (exact) mass is 379 g/mol. The lowest BCUT2D eigenvalue weighted by Crippen LogP contribution is -2.62. The van der Waals surface area contributed by atoms with E-state index < -0.39 is 0 Å². The van der Waals surface area contributed by atoms with Gasteiger partial charge in [0.1, 0.15) is 0 Å². The van der Waals surface area contributed by atoms with Gasteiger partial charge in [-0.05, 0) is 77.7 Å². The number of guanidine groups is 1. The fourth-order valence-electron chi connectivity index (χ4n) is 4.48. The Morgan fingerprint density at radius 3 is 2.48 bits per heavy atom. The van der Waals surface area contributed by atoms with Crippen molar-refractivity contribution >= 4 is 5.96 Å². The van der Waals surface area contributed by atoms with E-state index in [0.29, 0.717) is 0 Å². The first-order valence-electron chi connectivity index (χ1n) is 11.1. The molecule has 27 heavy (non-hydrogen) atoms. The number of likely N-dealkylation sites (N-methyl/N-ethyl adjacent to an activating group) is 1. The third-order valence-electron chi connectivity index (χ3n) is 6.72. The van der Waals surface area contributed by atoms with E-state index in [1.54, 1.807) is 0 Å². The van der Waals surface area contributed by atoms with Crippen molar-refractivity contribution in [3.8, 4) is 0 Å². The summed E-state index contributed by atoms with van der Waals surface area (Å²) in [5.74, 6) is 1.84. The zero-order chi connectivity index (χ0) is 19.1. The van der Waals surface area contributed by atoms with Gasteiger partial charge in [-0.1, -0.05) is 6.42 Å². The van der Waals surface area contributed by atoms with Crippen molar-refractivity contribution in [2.75, 3.05) is 73.6 Å². The molecule has 6 heteroatoms. The van der Waals surface area contributed by atoms with Crippen LogP contribution in [0.2, 0.25) is 0 Å². The van der Waals surface area contributed by atoms with E-state index in [0.717, 1.165) is 38.2 Å². The predicted molar refractivity (Wildman–Crippen MR) is 112 cm³/mol. The first kappa shape index (κ1) is 20.9. The van der Waals surface area contributed by atoms with E-state index in [4.69, 9.17) is 4.74 Å². The largest absolute Gasteiger partial charge is 0.379 e. The molecule has 2 saturated heterocycles. The van der Waals surface area contributed by atoms with E-state index in [-0.39, 0.29) is 5.54 Å². The molecule has 0 amide bonds. The van der Waals surface area contributed by atoms with Crippen LogP contribution in [0.5, 0.6) is 0 Å².